The normalized spacial score (nSPS) is 13.9. The molecule has 0 aliphatic heterocycles. The smallest absolute Gasteiger partial charge is 0.228 e. The highest BCUT2D eigenvalue weighted by Crippen LogP contribution is 2.28. The standard InChI is InChI=1S/C15H15BrClN3/c1-9-8-10(6-7-12(9)16)18-15-19-13-5-3-2-4-11(13)14(17)20-15/h6-8H,2-5H2,1H3,(H,18,19,20). The Labute approximate surface area is 131 Å². The number of nitrogens with one attached hydrogen (secondary N) is 1. The van der Waals surface area contributed by atoms with Crippen LogP contribution in [0.1, 0.15) is 29.7 Å². The lowest BCUT2D eigenvalue weighted by molar-refractivity contribution is 0.664. The molecule has 1 aliphatic carbocycles. The first-order valence-corrected chi connectivity index (χ1v) is 7.89. The molecule has 0 saturated heterocycles. The van der Waals surface area contributed by atoms with E-state index >= 15 is 0 Å². The zero-order chi connectivity index (χ0) is 14.1. The van der Waals surface area contributed by atoms with Crippen molar-refractivity contribution in [2.75, 3.05) is 5.32 Å². The molecule has 1 heterocycles. The van der Waals surface area contributed by atoms with Gasteiger partial charge in [0.05, 0.1) is 5.69 Å². The van der Waals surface area contributed by atoms with Crippen LogP contribution in [0.5, 0.6) is 0 Å². The fraction of sp³-hybridized carbons (Fsp3) is 0.333. The minimum atomic E-state index is 0.581. The number of rotatable bonds is 2. The third-order valence-corrected chi connectivity index (χ3v) is 4.75. The number of anilines is 2. The molecule has 0 saturated carbocycles. The number of hydrogen-bond donors (Lipinski definition) is 1. The Kier molecular flexibility index (Phi) is 3.94. The lowest BCUT2D eigenvalue weighted by Gasteiger charge is -2.17. The average Bonchev–Trinajstić information content (AvgIpc) is 2.43. The molecule has 3 nitrogen and oxygen atoms in total. The number of fused-ring (bicyclic) bond motifs is 1. The number of aryl methyl sites for hydroxylation is 2. The van der Waals surface area contributed by atoms with Gasteiger partial charge in [-0.05, 0) is 56.4 Å². The molecule has 0 radical (unpaired) electrons. The predicted molar refractivity (Wildman–Crippen MR) is 85.8 cm³/mol. The summed E-state index contributed by atoms with van der Waals surface area (Å²) in [7, 11) is 0. The molecule has 0 atom stereocenters. The number of nitrogens with zero attached hydrogens (tertiary/aromatic N) is 2. The van der Waals surface area contributed by atoms with E-state index in [2.05, 4.69) is 44.2 Å². The Morgan fingerprint density at radius 3 is 2.80 bits per heavy atom. The SMILES string of the molecule is Cc1cc(Nc2nc(Cl)c3c(n2)CCCC3)ccc1Br. The number of aromatic nitrogens is 2. The van der Waals surface area contributed by atoms with Gasteiger partial charge < -0.3 is 5.32 Å². The first kappa shape index (κ1) is 13.8. The first-order chi connectivity index (χ1) is 9.63. The molecule has 0 bridgehead atoms. The molecule has 0 amide bonds. The molecule has 0 spiro atoms. The second-order valence-corrected chi connectivity index (χ2v) is 6.27. The molecule has 0 unspecified atom stereocenters. The largest absolute Gasteiger partial charge is 0.324 e. The van der Waals surface area contributed by atoms with Crippen LogP contribution in [0, 0.1) is 6.92 Å². The second kappa shape index (κ2) is 5.70. The molecular weight excluding hydrogens is 338 g/mol. The van der Waals surface area contributed by atoms with Crippen molar-refractivity contribution in [1.29, 1.82) is 0 Å². The summed E-state index contributed by atoms with van der Waals surface area (Å²) < 4.78 is 1.09. The minimum absolute atomic E-state index is 0.581. The average molecular weight is 353 g/mol. The van der Waals surface area contributed by atoms with E-state index in [9.17, 15) is 0 Å². The third-order valence-electron chi connectivity index (χ3n) is 3.55. The monoisotopic (exact) mass is 351 g/mol. The van der Waals surface area contributed by atoms with Crippen molar-refractivity contribution in [2.45, 2.75) is 32.6 Å². The van der Waals surface area contributed by atoms with Crippen molar-refractivity contribution in [3.05, 3.63) is 44.6 Å². The lowest BCUT2D eigenvalue weighted by Crippen LogP contribution is -2.10. The quantitative estimate of drug-likeness (QED) is 0.787. The van der Waals surface area contributed by atoms with Gasteiger partial charge in [-0.3, -0.25) is 0 Å². The van der Waals surface area contributed by atoms with Crippen LogP contribution in [0.4, 0.5) is 11.6 Å². The molecule has 1 N–H and O–H groups in total. The van der Waals surface area contributed by atoms with Gasteiger partial charge in [-0.2, -0.15) is 0 Å². The Bertz CT molecular complexity index is 658. The molecule has 3 rings (SSSR count). The maximum atomic E-state index is 6.27. The van der Waals surface area contributed by atoms with E-state index in [1.54, 1.807) is 0 Å². The summed E-state index contributed by atoms with van der Waals surface area (Å²) in [6, 6.07) is 6.06. The fourth-order valence-corrected chi connectivity index (χ4v) is 2.99. The van der Waals surface area contributed by atoms with Gasteiger partial charge in [0.2, 0.25) is 5.95 Å². The molecule has 104 valence electrons. The van der Waals surface area contributed by atoms with Gasteiger partial charge in [-0.25, -0.2) is 9.97 Å². The van der Waals surface area contributed by atoms with E-state index < -0.39 is 0 Å². The molecule has 1 aromatic carbocycles. The van der Waals surface area contributed by atoms with Crippen LogP contribution in [0.2, 0.25) is 5.15 Å². The predicted octanol–water partition coefficient (Wildman–Crippen LogP) is 4.82. The summed E-state index contributed by atoms with van der Waals surface area (Å²) in [4.78, 5) is 8.97. The molecule has 1 aromatic heterocycles. The van der Waals surface area contributed by atoms with Crippen LogP contribution in [0.15, 0.2) is 22.7 Å². The van der Waals surface area contributed by atoms with Gasteiger partial charge in [0.1, 0.15) is 5.15 Å². The Morgan fingerprint density at radius 2 is 2.00 bits per heavy atom. The number of hydrogen-bond acceptors (Lipinski definition) is 3. The fourth-order valence-electron chi connectivity index (χ4n) is 2.46. The van der Waals surface area contributed by atoms with Crippen LogP contribution in [0.25, 0.3) is 0 Å². The lowest BCUT2D eigenvalue weighted by atomic mass is 9.97. The van der Waals surface area contributed by atoms with Crippen LogP contribution in [-0.4, -0.2) is 9.97 Å². The summed E-state index contributed by atoms with van der Waals surface area (Å²) in [5, 5.41) is 3.82. The van der Waals surface area contributed by atoms with E-state index in [0.29, 0.717) is 11.1 Å². The number of benzene rings is 1. The summed E-state index contributed by atoms with van der Waals surface area (Å²) in [5.74, 6) is 0.581. The Balaban J connectivity index is 1.90. The highest BCUT2D eigenvalue weighted by Gasteiger charge is 2.16. The van der Waals surface area contributed by atoms with Gasteiger partial charge in [0.15, 0.2) is 0 Å². The summed E-state index contributed by atoms with van der Waals surface area (Å²) >= 11 is 9.77. The highest BCUT2D eigenvalue weighted by atomic mass is 79.9. The summed E-state index contributed by atoms with van der Waals surface area (Å²) in [5.41, 5.74) is 4.35. The van der Waals surface area contributed by atoms with E-state index in [0.717, 1.165) is 34.3 Å². The molecule has 0 fully saturated rings. The second-order valence-electron chi connectivity index (χ2n) is 5.06. The molecule has 2 aromatic rings. The van der Waals surface area contributed by atoms with Crippen LogP contribution < -0.4 is 5.32 Å². The topological polar surface area (TPSA) is 37.8 Å². The molecular formula is C15H15BrClN3. The van der Waals surface area contributed by atoms with Gasteiger partial charge in [-0.15, -0.1) is 0 Å². The summed E-state index contributed by atoms with van der Waals surface area (Å²) in [6.07, 6.45) is 4.34. The summed E-state index contributed by atoms with van der Waals surface area (Å²) in [6.45, 7) is 2.05. The maximum Gasteiger partial charge on any atom is 0.228 e. The molecule has 20 heavy (non-hydrogen) atoms. The van der Waals surface area contributed by atoms with Gasteiger partial charge in [0, 0.05) is 15.7 Å². The van der Waals surface area contributed by atoms with E-state index in [4.69, 9.17) is 11.6 Å². The van der Waals surface area contributed by atoms with E-state index in [-0.39, 0.29) is 0 Å². The van der Waals surface area contributed by atoms with Crippen molar-refractivity contribution >= 4 is 39.2 Å². The van der Waals surface area contributed by atoms with Crippen molar-refractivity contribution in [1.82, 2.24) is 9.97 Å². The van der Waals surface area contributed by atoms with Gasteiger partial charge >= 0.3 is 0 Å². The van der Waals surface area contributed by atoms with Crippen molar-refractivity contribution in [3.63, 3.8) is 0 Å². The number of halogens is 2. The van der Waals surface area contributed by atoms with Crippen molar-refractivity contribution in [3.8, 4) is 0 Å². The minimum Gasteiger partial charge on any atom is -0.324 e. The Morgan fingerprint density at radius 1 is 1.20 bits per heavy atom. The van der Waals surface area contributed by atoms with E-state index in [1.807, 2.05) is 12.1 Å². The Hall–Kier alpha value is -1.13. The highest BCUT2D eigenvalue weighted by molar-refractivity contribution is 9.10. The molecule has 5 heteroatoms. The zero-order valence-electron chi connectivity index (χ0n) is 11.2. The van der Waals surface area contributed by atoms with E-state index in [1.165, 1.54) is 18.4 Å². The van der Waals surface area contributed by atoms with Gasteiger partial charge in [0.25, 0.3) is 0 Å². The van der Waals surface area contributed by atoms with Crippen LogP contribution in [0.3, 0.4) is 0 Å². The van der Waals surface area contributed by atoms with Crippen LogP contribution >= 0.6 is 27.5 Å². The van der Waals surface area contributed by atoms with Crippen LogP contribution in [-0.2, 0) is 12.8 Å². The zero-order valence-corrected chi connectivity index (χ0v) is 13.6. The maximum absolute atomic E-state index is 6.27. The third kappa shape index (κ3) is 2.81. The van der Waals surface area contributed by atoms with Crippen molar-refractivity contribution in [2.24, 2.45) is 0 Å². The molecule has 1 aliphatic rings. The van der Waals surface area contributed by atoms with Gasteiger partial charge in [-0.1, -0.05) is 27.5 Å². The first-order valence-electron chi connectivity index (χ1n) is 6.72. The van der Waals surface area contributed by atoms with Crippen molar-refractivity contribution < 1.29 is 0 Å².